The number of piperidine rings is 1. The number of benzene rings is 2. The van der Waals surface area contributed by atoms with Crippen molar-refractivity contribution in [3.8, 4) is 0 Å². The summed E-state index contributed by atoms with van der Waals surface area (Å²) in [5, 5.41) is 5.67. The fourth-order valence-corrected chi connectivity index (χ4v) is 3.15. The Morgan fingerprint density at radius 2 is 1.83 bits per heavy atom. The Morgan fingerprint density at radius 3 is 2.54 bits per heavy atom. The molecule has 0 spiro atoms. The summed E-state index contributed by atoms with van der Waals surface area (Å²) in [5.41, 5.74) is 1.82. The average Bonchev–Trinajstić information content (AvgIpc) is 2.57. The van der Waals surface area contributed by atoms with Crippen LogP contribution in [0.1, 0.15) is 18.4 Å². The second kappa shape index (κ2) is 7.93. The van der Waals surface area contributed by atoms with Gasteiger partial charge < -0.3 is 15.5 Å². The summed E-state index contributed by atoms with van der Waals surface area (Å²) in [7, 11) is 0. The van der Waals surface area contributed by atoms with Crippen molar-refractivity contribution >= 4 is 11.7 Å². The van der Waals surface area contributed by atoms with Gasteiger partial charge in [-0.1, -0.05) is 36.4 Å². The summed E-state index contributed by atoms with van der Waals surface area (Å²) in [4.78, 5) is 13.6. The molecule has 0 radical (unpaired) electrons. The molecule has 2 aromatic rings. The molecule has 2 aromatic carbocycles. The van der Waals surface area contributed by atoms with Crippen molar-refractivity contribution in [1.82, 2.24) is 5.32 Å². The van der Waals surface area contributed by atoms with E-state index in [0.717, 1.165) is 32.5 Å². The molecule has 24 heavy (non-hydrogen) atoms. The normalized spacial score (nSPS) is 20.4. The summed E-state index contributed by atoms with van der Waals surface area (Å²) < 4.78 is 13.1. The topological polar surface area (TPSA) is 45.6 Å². The first-order chi connectivity index (χ1) is 11.7. The highest BCUT2D eigenvalue weighted by molar-refractivity contribution is 5.89. The number of nitrogens with one attached hydrogen (secondary N) is 3. The smallest absolute Gasteiger partial charge is 0.319 e. The van der Waals surface area contributed by atoms with E-state index in [1.54, 1.807) is 17.0 Å². The molecule has 0 aliphatic carbocycles. The van der Waals surface area contributed by atoms with E-state index in [9.17, 15) is 9.18 Å². The van der Waals surface area contributed by atoms with Gasteiger partial charge in [0, 0.05) is 30.1 Å². The molecule has 4 nitrogen and oxygen atoms in total. The van der Waals surface area contributed by atoms with Crippen molar-refractivity contribution in [2.75, 3.05) is 18.4 Å². The fraction of sp³-hybridized carbons (Fsp3) is 0.316. The van der Waals surface area contributed by atoms with Crippen molar-refractivity contribution in [2.45, 2.75) is 25.4 Å². The van der Waals surface area contributed by atoms with Crippen LogP contribution in [0.4, 0.5) is 14.9 Å². The Kier molecular flexibility index (Phi) is 5.43. The molecule has 1 heterocycles. The maximum absolute atomic E-state index is 13.1. The first-order valence-electron chi connectivity index (χ1n) is 8.39. The summed E-state index contributed by atoms with van der Waals surface area (Å²) in [5.74, 6) is -0.356. The Balaban J connectivity index is 1.42. The minimum atomic E-state index is -0.356. The highest BCUT2D eigenvalue weighted by Crippen LogP contribution is 2.09. The first-order valence-corrected chi connectivity index (χ1v) is 8.39. The van der Waals surface area contributed by atoms with Gasteiger partial charge in [-0.15, -0.1) is 0 Å². The van der Waals surface area contributed by atoms with Gasteiger partial charge in [0.15, 0.2) is 0 Å². The summed E-state index contributed by atoms with van der Waals surface area (Å²) >= 11 is 0. The molecule has 1 aliphatic heterocycles. The summed E-state index contributed by atoms with van der Waals surface area (Å²) in [6, 6.07) is 16.3. The Bertz CT molecular complexity index is 669. The van der Waals surface area contributed by atoms with Gasteiger partial charge in [-0.3, -0.25) is 0 Å². The molecule has 1 saturated heterocycles. The zero-order chi connectivity index (χ0) is 16.8. The number of halogens is 1. The molecule has 0 atom stereocenters. The fourth-order valence-electron chi connectivity index (χ4n) is 3.15. The monoisotopic (exact) mass is 328 g/mol. The number of hydrogen-bond donors (Lipinski definition) is 3. The van der Waals surface area contributed by atoms with E-state index in [1.165, 1.54) is 17.7 Å². The minimum absolute atomic E-state index is 0.179. The van der Waals surface area contributed by atoms with Gasteiger partial charge in [-0.2, -0.15) is 0 Å². The number of carbonyl (C=O) groups excluding carboxylic acids is 1. The second-order valence-corrected chi connectivity index (χ2v) is 6.30. The molecule has 0 unspecified atom stereocenters. The van der Waals surface area contributed by atoms with E-state index >= 15 is 0 Å². The van der Waals surface area contributed by atoms with Crippen molar-refractivity contribution < 1.29 is 14.1 Å². The van der Waals surface area contributed by atoms with Crippen molar-refractivity contribution in [2.24, 2.45) is 0 Å². The number of urea groups is 1. The van der Waals surface area contributed by atoms with Gasteiger partial charge in [-0.05, 0) is 18.2 Å². The maximum Gasteiger partial charge on any atom is 0.319 e. The molecule has 3 N–H and O–H groups in total. The first kappa shape index (κ1) is 16.5. The van der Waals surface area contributed by atoms with E-state index in [-0.39, 0.29) is 17.9 Å². The number of anilines is 1. The second-order valence-electron chi connectivity index (χ2n) is 6.30. The van der Waals surface area contributed by atoms with Crippen LogP contribution in [0.2, 0.25) is 0 Å². The predicted molar refractivity (Wildman–Crippen MR) is 92.4 cm³/mol. The van der Waals surface area contributed by atoms with Gasteiger partial charge in [0.1, 0.15) is 12.4 Å². The third kappa shape index (κ3) is 4.80. The molecule has 126 valence electrons. The Labute approximate surface area is 141 Å². The minimum Gasteiger partial charge on any atom is -0.335 e. The van der Waals surface area contributed by atoms with E-state index in [0.29, 0.717) is 5.69 Å². The number of carbonyl (C=O) groups is 1. The lowest BCUT2D eigenvalue weighted by atomic mass is 10.0. The summed E-state index contributed by atoms with van der Waals surface area (Å²) in [6.45, 7) is 3.11. The lowest BCUT2D eigenvalue weighted by Crippen LogP contribution is -3.12. The van der Waals surface area contributed by atoms with Crippen LogP contribution in [0.3, 0.4) is 0 Å². The molecular weight excluding hydrogens is 305 g/mol. The van der Waals surface area contributed by atoms with Gasteiger partial charge in [-0.25, -0.2) is 9.18 Å². The van der Waals surface area contributed by atoms with Gasteiger partial charge in [0.25, 0.3) is 0 Å². The van der Waals surface area contributed by atoms with E-state index in [1.807, 2.05) is 6.07 Å². The molecule has 1 aliphatic rings. The molecule has 0 bridgehead atoms. The standard InChI is InChI=1S/C19H22FN3O/c20-16-7-4-8-18(13-16)22-19(24)21-17-9-11-23(12-10-17)14-15-5-2-1-3-6-15/h1-8,13,17H,9-12,14H2,(H2,21,22,24)/p+1. The van der Waals surface area contributed by atoms with Crippen LogP contribution >= 0.6 is 0 Å². The molecule has 0 aromatic heterocycles. The van der Waals surface area contributed by atoms with Crippen LogP contribution in [0.5, 0.6) is 0 Å². The van der Waals surface area contributed by atoms with Gasteiger partial charge >= 0.3 is 6.03 Å². The average molecular weight is 328 g/mol. The van der Waals surface area contributed by atoms with Crippen LogP contribution in [-0.2, 0) is 6.54 Å². The van der Waals surface area contributed by atoms with Crippen LogP contribution in [0.25, 0.3) is 0 Å². The van der Waals surface area contributed by atoms with Crippen LogP contribution in [0.15, 0.2) is 54.6 Å². The molecule has 1 fully saturated rings. The molecule has 5 heteroatoms. The molecule has 0 saturated carbocycles. The number of likely N-dealkylation sites (tertiary alicyclic amines) is 1. The predicted octanol–water partition coefficient (Wildman–Crippen LogP) is 2.19. The Hall–Kier alpha value is -2.40. The Morgan fingerprint density at radius 1 is 1.08 bits per heavy atom. The number of amides is 2. The van der Waals surface area contributed by atoms with Crippen LogP contribution in [-0.4, -0.2) is 25.2 Å². The maximum atomic E-state index is 13.1. The number of hydrogen-bond acceptors (Lipinski definition) is 1. The summed E-state index contributed by atoms with van der Waals surface area (Å²) in [6.07, 6.45) is 1.91. The van der Waals surface area contributed by atoms with Gasteiger partial charge in [0.2, 0.25) is 0 Å². The van der Waals surface area contributed by atoms with E-state index < -0.39 is 0 Å². The molecule has 3 rings (SSSR count). The van der Waals surface area contributed by atoms with Crippen molar-refractivity contribution in [1.29, 1.82) is 0 Å². The lowest BCUT2D eigenvalue weighted by molar-refractivity contribution is -0.918. The number of quaternary nitrogens is 1. The highest BCUT2D eigenvalue weighted by Gasteiger charge is 2.23. The SMILES string of the molecule is O=C(Nc1cccc(F)c1)NC1CC[NH+](Cc2ccccc2)CC1. The number of rotatable bonds is 4. The molecular formula is C19H23FN3O+. The highest BCUT2D eigenvalue weighted by atomic mass is 19.1. The molecule has 2 amide bonds. The third-order valence-corrected chi connectivity index (χ3v) is 4.41. The zero-order valence-electron chi connectivity index (χ0n) is 13.6. The van der Waals surface area contributed by atoms with Crippen molar-refractivity contribution in [3.05, 3.63) is 66.0 Å². The quantitative estimate of drug-likeness (QED) is 0.792. The van der Waals surface area contributed by atoms with Gasteiger partial charge in [0.05, 0.1) is 13.1 Å². The van der Waals surface area contributed by atoms with Crippen LogP contribution < -0.4 is 15.5 Å². The largest absolute Gasteiger partial charge is 0.335 e. The third-order valence-electron chi connectivity index (χ3n) is 4.41. The van der Waals surface area contributed by atoms with E-state index in [2.05, 4.69) is 34.9 Å². The van der Waals surface area contributed by atoms with Crippen molar-refractivity contribution in [3.63, 3.8) is 0 Å². The zero-order valence-corrected chi connectivity index (χ0v) is 13.6. The van der Waals surface area contributed by atoms with Crippen LogP contribution in [0, 0.1) is 5.82 Å². The van der Waals surface area contributed by atoms with E-state index in [4.69, 9.17) is 0 Å². The lowest BCUT2D eigenvalue weighted by Gasteiger charge is -2.29.